The third kappa shape index (κ3) is 432. The van der Waals surface area contributed by atoms with E-state index in [1.54, 1.807) is 0 Å². The Morgan fingerprint density at radius 3 is 0.500 bits per heavy atom. The maximum atomic E-state index is 4.49. The van der Waals surface area contributed by atoms with Crippen molar-refractivity contribution in [3.05, 3.63) is 0 Å². The molecular formula is H12ClO6Pd. The zero-order valence-corrected chi connectivity index (χ0v) is 6.00. The van der Waals surface area contributed by atoms with Gasteiger partial charge >= 0.3 is 27.7 Å². The van der Waals surface area contributed by atoms with E-state index in [4.69, 9.17) is 0 Å². The summed E-state index contributed by atoms with van der Waals surface area (Å²) in [5.74, 6) is 0. The molecule has 0 saturated heterocycles. The fraction of sp³-hybridized carbons (Fsp3) is 0. The predicted molar refractivity (Wildman–Crippen MR) is 27.5 cm³/mol. The Bertz CT molecular complexity index is 8.49. The average Bonchev–Trinajstić information content (AvgIpc) is 1.00. The SMILES string of the molecule is O.O.O.O.O.O.[Cl][Pd]. The molecule has 0 aliphatic carbocycles. The van der Waals surface area contributed by atoms with E-state index in [1.165, 1.54) is 0 Å². The third-order valence-electron chi connectivity index (χ3n) is 0. The standard InChI is InChI=1S/ClH.6H2O.Pd/h1H;6*1H2;/q;;;;;;;+1/p-1. The minimum atomic E-state index is 0. The molecule has 0 aromatic heterocycles. The van der Waals surface area contributed by atoms with Crippen LogP contribution in [0.1, 0.15) is 0 Å². The van der Waals surface area contributed by atoms with Crippen LogP contribution in [0, 0.1) is 0 Å². The number of hydrogen-bond acceptors (Lipinski definition) is 0. The van der Waals surface area contributed by atoms with Gasteiger partial charge in [0.1, 0.15) is 0 Å². The van der Waals surface area contributed by atoms with Crippen molar-refractivity contribution in [2.24, 2.45) is 0 Å². The van der Waals surface area contributed by atoms with E-state index in [2.05, 4.69) is 27.7 Å². The second kappa shape index (κ2) is 685. The van der Waals surface area contributed by atoms with Crippen molar-refractivity contribution in [1.82, 2.24) is 0 Å². The van der Waals surface area contributed by atoms with Gasteiger partial charge in [-0.05, 0) is 0 Å². The number of halogens is 1. The fourth-order valence-electron chi connectivity index (χ4n) is 0. The van der Waals surface area contributed by atoms with Crippen molar-refractivity contribution in [3.63, 3.8) is 0 Å². The summed E-state index contributed by atoms with van der Waals surface area (Å²) in [6.07, 6.45) is 0. The Labute approximate surface area is 61.1 Å². The average molecular weight is 250 g/mol. The summed E-state index contributed by atoms with van der Waals surface area (Å²) in [7, 11) is 4.49. The first-order valence-electron chi connectivity index (χ1n) is 0.120. The molecule has 0 radical (unpaired) electrons. The van der Waals surface area contributed by atoms with Gasteiger partial charge in [-0.2, -0.15) is 0 Å². The summed E-state index contributed by atoms with van der Waals surface area (Å²) < 4.78 is 0. The molecule has 0 aromatic rings. The monoisotopic (exact) mass is 249 g/mol. The van der Waals surface area contributed by atoms with Crippen molar-refractivity contribution in [2.45, 2.75) is 0 Å². The molecule has 0 aliphatic heterocycles. The van der Waals surface area contributed by atoms with E-state index in [1.807, 2.05) is 0 Å². The van der Waals surface area contributed by atoms with E-state index >= 15 is 0 Å². The maximum absolute atomic E-state index is 4.49. The molecule has 0 spiro atoms. The summed E-state index contributed by atoms with van der Waals surface area (Å²) in [6, 6.07) is 0. The van der Waals surface area contributed by atoms with Crippen LogP contribution in [-0.2, 0) is 18.2 Å². The van der Waals surface area contributed by atoms with Gasteiger partial charge in [-0.15, -0.1) is 0 Å². The van der Waals surface area contributed by atoms with Crippen LogP contribution < -0.4 is 0 Å². The molecule has 12 N–H and O–H groups in total. The molecule has 0 aliphatic rings. The van der Waals surface area contributed by atoms with Crippen LogP contribution >= 0.6 is 9.53 Å². The van der Waals surface area contributed by atoms with Crippen molar-refractivity contribution >= 4 is 9.53 Å². The molecular weight excluding hydrogens is 238 g/mol. The van der Waals surface area contributed by atoms with Crippen LogP contribution in [0.3, 0.4) is 0 Å². The van der Waals surface area contributed by atoms with Crippen LogP contribution in [0.25, 0.3) is 0 Å². The zero-order chi connectivity index (χ0) is 2.00. The molecule has 6 nitrogen and oxygen atoms in total. The molecule has 8 heteroatoms. The van der Waals surface area contributed by atoms with Crippen LogP contribution in [0.5, 0.6) is 0 Å². The molecule has 0 amide bonds. The van der Waals surface area contributed by atoms with Crippen molar-refractivity contribution in [2.75, 3.05) is 0 Å². The molecule has 0 aromatic carbocycles. The molecule has 0 atom stereocenters. The van der Waals surface area contributed by atoms with Gasteiger partial charge in [0, 0.05) is 0 Å². The molecule has 0 rings (SSSR count). The molecule has 0 bridgehead atoms. The topological polar surface area (TPSA) is 189 Å². The Kier molecular flexibility index (Phi) is 15100. The van der Waals surface area contributed by atoms with E-state index < -0.39 is 0 Å². The van der Waals surface area contributed by atoms with Gasteiger partial charge in [-0.3, -0.25) is 0 Å². The van der Waals surface area contributed by atoms with Gasteiger partial charge in [0.05, 0.1) is 0 Å². The molecule has 0 fully saturated rings. The second-order valence-corrected chi connectivity index (χ2v) is 0. The van der Waals surface area contributed by atoms with Gasteiger partial charge in [0.25, 0.3) is 0 Å². The Morgan fingerprint density at radius 2 is 0.500 bits per heavy atom. The summed E-state index contributed by atoms with van der Waals surface area (Å²) >= 11 is 2.22. The van der Waals surface area contributed by atoms with Gasteiger partial charge in [-0.25, -0.2) is 0 Å². The number of hydrogen-bond donors (Lipinski definition) is 0. The minimum absolute atomic E-state index is 0. The molecule has 0 heterocycles. The van der Waals surface area contributed by atoms with Crippen LogP contribution in [-0.4, -0.2) is 32.9 Å². The van der Waals surface area contributed by atoms with Crippen LogP contribution in [0.2, 0.25) is 0 Å². The van der Waals surface area contributed by atoms with Gasteiger partial charge in [-0.1, -0.05) is 0 Å². The molecule has 0 saturated carbocycles. The summed E-state index contributed by atoms with van der Waals surface area (Å²) in [5, 5.41) is 0. The fourth-order valence-corrected chi connectivity index (χ4v) is 0. The second-order valence-electron chi connectivity index (χ2n) is 0. The van der Waals surface area contributed by atoms with Crippen LogP contribution in [0.15, 0.2) is 0 Å². The summed E-state index contributed by atoms with van der Waals surface area (Å²) in [6.45, 7) is 0. The Balaban J connectivity index is -0.000000000333. The number of rotatable bonds is 0. The Morgan fingerprint density at radius 1 is 0.500 bits per heavy atom. The van der Waals surface area contributed by atoms with E-state index in [-0.39, 0.29) is 32.9 Å². The first-order chi connectivity index (χ1) is 1.00. The third-order valence-corrected chi connectivity index (χ3v) is 0. The Hall–Kier alpha value is 0.712. The van der Waals surface area contributed by atoms with Crippen molar-refractivity contribution < 1.29 is 51.0 Å². The first-order valence-corrected chi connectivity index (χ1v) is 2.12. The van der Waals surface area contributed by atoms with E-state index in [0.717, 1.165) is 0 Å². The quantitative estimate of drug-likeness (QED) is 0.376. The van der Waals surface area contributed by atoms with E-state index in [9.17, 15) is 0 Å². The van der Waals surface area contributed by atoms with Crippen molar-refractivity contribution in [1.29, 1.82) is 0 Å². The molecule has 65 valence electrons. The van der Waals surface area contributed by atoms with E-state index in [0.29, 0.717) is 0 Å². The van der Waals surface area contributed by atoms with Gasteiger partial charge < -0.3 is 32.9 Å². The summed E-state index contributed by atoms with van der Waals surface area (Å²) in [5.41, 5.74) is 0. The first kappa shape index (κ1) is 177. The normalized spacial score (nSPS) is 0.875. The predicted octanol–water partition coefficient (Wildman–Crippen LogP) is -4.26. The summed E-state index contributed by atoms with van der Waals surface area (Å²) in [4.78, 5) is 0. The van der Waals surface area contributed by atoms with Gasteiger partial charge in [0.15, 0.2) is 0 Å². The zero-order valence-electron chi connectivity index (χ0n) is 3.69. The molecule has 0 unspecified atom stereocenters. The molecule has 8 heavy (non-hydrogen) atoms. The van der Waals surface area contributed by atoms with Crippen LogP contribution in [0.4, 0.5) is 0 Å². The van der Waals surface area contributed by atoms with Crippen molar-refractivity contribution in [3.8, 4) is 0 Å². The van der Waals surface area contributed by atoms with Gasteiger partial charge in [0.2, 0.25) is 0 Å².